The first-order chi connectivity index (χ1) is 15.6. The molecule has 1 heterocycles. The smallest absolute Gasteiger partial charge is 0.242 e. The predicted molar refractivity (Wildman–Crippen MR) is 125 cm³/mol. The molecule has 8 heteroatoms. The number of carbonyl (C=O) groups is 1. The number of amides is 1. The number of benzene rings is 3. The molecule has 1 aromatic heterocycles. The molecule has 0 spiro atoms. The first-order valence-electron chi connectivity index (χ1n) is 10.1. The topological polar surface area (TPSA) is 81.9 Å². The van der Waals surface area contributed by atoms with Crippen LogP contribution in [0.25, 0.3) is 5.69 Å². The summed E-state index contributed by atoms with van der Waals surface area (Å²) in [6, 6.07) is 22.9. The van der Waals surface area contributed by atoms with Crippen LogP contribution in [0.1, 0.15) is 21.9 Å². The number of anilines is 1. The number of hydrogen-bond donors (Lipinski definition) is 1. The standard InChI is InChI=1S/C24H23N5O2S/c1-16-8-7-9-17(2)21(16)29-24(26-27-28-29)32-22(18-10-5-4-6-11-18)23(30)25-19-12-14-20(31-3)15-13-19/h4-15,22H,1-3H3,(H,25,30). The minimum atomic E-state index is -0.549. The first-order valence-corrected chi connectivity index (χ1v) is 11.0. The third-order valence-electron chi connectivity index (χ3n) is 5.01. The minimum absolute atomic E-state index is 0.164. The average Bonchev–Trinajstić information content (AvgIpc) is 3.26. The Morgan fingerprint density at radius 1 is 0.969 bits per heavy atom. The minimum Gasteiger partial charge on any atom is -0.497 e. The predicted octanol–water partition coefficient (Wildman–Crippen LogP) is 4.76. The van der Waals surface area contributed by atoms with E-state index in [9.17, 15) is 4.79 Å². The molecular weight excluding hydrogens is 422 g/mol. The van der Waals surface area contributed by atoms with Gasteiger partial charge in [0.25, 0.3) is 0 Å². The van der Waals surface area contributed by atoms with Crippen molar-refractivity contribution in [1.29, 1.82) is 0 Å². The zero-order chi connectivity index (χ0) is 22.5. The van der Waals surface area contributed by atoms with Crippen molar-refractivity contribution < 1.29 is 9.53 Å². The highest BCUT2D eigenvalue weighted by molar-refractivity contribution is 8.00. The number of rotatable bonds is 7. The summed E-state index contributed by atoms with van der Waals surface area (Å²) in [5, 5.41) is 15.3. The number of methoxy groups -OCH3 is 1. The molecule has 3 aromatic carbocycles. The molecule has 4 rings (SSSR count). The van der Waals surface area contributed by atoms with E-state index < -0.39 is 5.25 Å². The van der Waals surface area contributed by atoms with E-state index in [0.29, 0.717) is 10.8 Å². The van der Waals surface area contributed by atoms with E-state index >= 15 is 0 Å². The summed E-state index contributed by atoms with van der Waals surface area (Å²) in [5.74, 6) is 0.562. The zero-order valence-corrected chi connectivity index (χ0v) is 18.8. The highest BCUT2D eigenvalue weighted by atomic mass is 32.2. The summed E-state index contributed by atoms with van der Waals surface area (Å²) >= 11 is 1.31. The molecule has 162 valence electrons. The molecule has 0 saturated heterocycles. The fraction of sp³-hybridized carbons (Fsp3) is 0.167. The monoisotopic (exact) mass is 445 g/mol. The Hall–Kier alpha value is -3.65. The molecule has 0 saturated carbocycles. The van der Waals surface area contributed by atoms with Gasteiger partial charge in [0.15, 0.2) is 0 Å². The Bertz CT molecular complexity index is 1190. The van der Waals surface area contributed by atoms with Crippen LogP contribution < -0.4 is 10.1 Å². The van der Waals surface area contributed by atoms with E-state index in [4.69, 9.17) is 4.74 Å². The van der Waals surface area contributed by atoms with Crippen molar-refractivity contribution in [2.24, 2.45) is 0 Å². The Balaban J connectivity index is 1.66. The third-order valence-corrected chi connectivity index (χ3v) is 6.20. The van der Waals surface area contributed by atoms with Crippen LogP contribution in [0.15, 0.2) is 78.0 Å². The Labute approximate surface area is 190 Å². The summed E-state index contributed by atoms with van der Waals surface area (Å²) < 4.78 is 6.89. The number of hydrogen-bond acceptors (Lipinski definition) is 6. The van der Waals surface area contributed by atoms with Crippen molar-refractivity contribution in [3.05, 3.63) is 89.5 Å². The molecule has 0 aliphatic rings. The highest BCUT2D eigenvalue weighted by Gasteiger charge is 2.26. The van der Waals surface area contributed by atoms with Gasteiger partial charge in [-0.25, -0.2) is 0 Å². The van der Waals surface area contributed by atoms with E-state index in [1.54, 1.807) is 11.8 Å². The van der Waals surface area contributed by atoms with Gasteiger partial charge in [-0.2, -0.15) is 4.68 Å². The van der Waals surface area contributed by atoms with E-state index in [-0.39, 0.29) is 5.91 Å². The van der Waals surface area contributed by atoms with Crippen molar-refractivity contribution >= 4 is 23.4 Å². The second-order valence-electron chi connectivity index (χ2n) is 7.24. The molecule has 7 nitrogen and oxygen atoms in total. The van der Waals surface area contributed by atoms with Crippen LogP contribution in [-0.4, -0.2) is 33.2 Å². The summed E-state index contributed by atoms with van der Waals surface area (Å²) in [5.41, 5.74) is 4.57. The lowest BCUT2D eigenvalue weighted by Crippen LogP contribution is -2.19. The lowest BCUT2D eigenvalue weighted by molar-refractivity contribution is -0.115. The van der Waals surface area contributed by atoms with E-state index in [1.165, 1.54) is 11.8 Å². The van der Waals surface area contributed by atoms with E-state index in [2.05, 4.69) is 20.8 Å². The molecule has 0 bridgehead atoms. The van der Waals surface area contributed by atoms with Crippen molar-refractivity contribution in [2.75, 3.05) is 12.4 Å². The van der Waals surface area contributed by atoms with E-state index in [0.717, 1.165) is 28.1 Å². The quantitative estimate of drug-likeness (QED) is 0.413. The molecule has 1 amide bonds. The highest BCUT2D eigenvalue weighted by Crippen LogP contribution is 2.36. The van der Waals surface area contributed by atoms with E-state index in [1.807, 2.05) is 86.6 Å². The van der Waals surface area contributed by atoms with Gasteiger partial charge >= 0.3 is 0 Å². The van der Waals surface area contributed by atoms with Crippen LogP contribution in [-0.2, 0) is 4.79 Å². The van der Waals surface area contributed by atoms with Crippen LogP contribution in [0.5, 0.6) is 5.75 Å². The van der Waals surface area contributed by atoms with Crippen LogP contribution in [0.3, 0.4) is 0 Å². The fourth-order valence-corrected chi connectivity index (χ4v) is 4.40. The molecule has 1 unspecified atom stereocenters. The molecule has 1 atom stereocenters. The number of para-hydroxylation sites is 1. The Morgan fingerprint density at radius 2 is 1.66 bits per heavy atom. The van der Waals surface area contributed by atoms with Gasteiger partial charge in [0.1, 0.15) is 11.0 Å². The molecule has 0 aliphatic carbocycles. The molecular formula is C24H23N5O2S. The molecule has 32 heavy (non-hydrogen) atoms. The maximum absolute atomic E-state index is 13.3. The van der Waals surface area contributed by atoms with Gasteiger partial charge in [0.05, 0.1) is 12.8 Å². The second kappa shape index (κ2) is 9.65. The average molecular weight is 446 g/mol. The largest absolute Gasteiger partial charge is 0.497 e. The molecule has 1 N–H and O–H groups in total. The number of aryl methyl sites for hydroxylation is 2. The van der Waals surface area contributed by atoms with Gasteiger partial charge < -0.3 is 10.1 Å². The van der Waals surface area contributed by atoms with Crippen molar-refractivity contribution in [2.45, 2.75) is 24.3 Å². The van der Waals surface area contributed by atoms with Gasteiger partial charge in [-0.15, -0.1) is 5.10 Å². The fourth-order valence-electron chi connectivity index (χ4n) is 3.42. The summed E-state index contributed by atoms with van der Waals surface area (Å²) in [4.78, 5) is 13.3. The Kier molecular flexibility index (Phi) is 6.51. The van der Waals surface area contributed by atoms with Gasteiger partial charge in [0, 0.05) is 5.69 Å². The SMILES string of the molecule is COc1ccc(NC(=O)C(Sc2nnnn2-c2c(C)cccc2C)c2ccccc2)cc1. The number of aromatic nitrogens is 4. The number of nitrogens with one attached hydrogen (secondary N) is 1. The summed E-state index contributed by atoms with van der Waals surface area (Å²) in [6.45, 7) is 4.03. The number of carbonyl (C=O) groups excluding carboxylic acids is 1. The lowest BCUT2D eigenvalue weighted by Gasteiger charge is -2.17. The molecule has 0 radical (unpaired) electrons. The number of nitrogens with zero attached hydrogens (tertiary/aromatic N) is 4. The van der Waals surface area contributed by atoms with Gasteiger partial charge in [-0.1, -0.05) is 60.3 Å². The van der Waals surface area contributed by atoms with Crippen LogP contribution in [0, 0.1) is 13.8 Å². The molecule has 0 fully saturated rings. The van der Waals surface area contributed by atoms with Gasteiger partial charge in [-0.05, 0) is 65.2 Å². The van der Waals surface area contributed by atoms with Crippen molar-refractivity contribution in [3.63, 3.8) is 0 Å². The maximum Gasteiger partial charge on any atom is 0.242 e. The van der Waals surface area contributed by atoms with Gasteiger partial charge in [-0.3, -0.25) is 4.79 Å². The van der Waals surface area contributed by atoms with Crippen LogP contribution >= 0.6 is 11.8 Å². The Morgan fingerprint density at radius 3 is 2.31 bits per heavy atom. The van der Waals surface area contributed by atoms with Crippen molar-refractivity contribution in [1.82, 2.24) is 20.2 Å². The van der Waals surface area contributed by atoms with Crippen molar-refractivity contribution in [3.8, 4) is 11.4 Å². The summed E-state index contributed by atoms with van der Waals surface area (Å²) in [7, 11) is 1.61. The summed E-state index contributed by atoms with van der Waals surface area (Å²) in [6.07, 6.45) is 0. The number of ether oxygens (including phenoxy) is 1. The lowest BCUT2D eigenvalue weighted by atomic mass is 10.1. The maximum atomic E-state index is 13.3. The normalized spacial score (nSPS) is 11.7. The van der Waals surface area contributed by atoms with Gasteiger partial charge in [0.2, 0.25) is 11.1 Å². The third kappa shape index (κ3) is 4.65. The number of thioether (sulfide) groups is 1. The first kappa shape index (κ1) is 21.6. The number of tetrazole rings is 1. The molecule has 0 aliphatic heterocycles. The molecule has 4 aromatic rings. The van der Waals surface area contributed by atoms with Crippen LogP contribution in [0.2, 0.25) is 0 Å². The van der Waals surface area contributed by atoms with Crippen LogP contribution in [0.4, 0.5) is 5.69 Å². The zero-order valence-electron chi connectivity index (χ0n) is 18.0. The second-order valence-corrected chi connectivity index (χ2v) is 8.31.